The molecule has 0 bridgehead atoms. The molecule has 4 heteroatoms. The van der Waals surface area contributed by atoms with Crippen molar-refractivity contribution in [1.82, 2.24) is 0 Å². The minimum Gasteiger partial charge on any atom is -0.357 e. The third-order valence-corrected chi connectivity index (χ3v) is 5.63. The van der Waals surface area contributed by atoms with Gasteiger partial charge in [0.1, 0.15) is 0 Å². The van der Waals surface area contributed by atoms with Crippen molar-refractivity contribution in [2.45, 2.75) is 46.6 Å². The highest BCUT2D eigenvalue weighted by atomic mass is 16.2. The normalized spacial score (nSPS) is 20.8. The van der Waals surface area contributed by atoms with Gasteiger partial charge in [0.25, 0.3) is 0 Å². The Balaban J connectivity index is 2.00. The molecule has 0 saturated heterocycles. The van der Waals surface area contributed by atoms with Gasteiger partial charge in [-0.3, -0.25) is 14.5 Å². The summed E-state index contributed by atoms with van der Waals surface area (Å²) < 4.78 is 0. The van der Waals surface area contributed by atoms with Gasteiger partial charge >= 0.3 is 0 Å². The van der Waals surface area contributed by atoms with Gasteiger partial charge in [0.05, 0.1) is 17.4 Å². The smallest absolute Gasteiger partial charge is 0.224 e. The summed E-state index contributed by atoms with van der Waals surface area (Å²) in [5.41, 5.74) is 5.32. The maximum absolute atomic E-state index is 13.3. The quantitative estimate of drug-likeness (QED) is 0.750. The molecule has 28 heavy (non-hydrogen) atoms. The molecule has 1 aliphatic heterocycles. The largest absolute Gasteiger partial charge is 0.357 e. The Morgan fingerprint density at radius 2 is 1.75 bits per heavy atom. The van der Waals surface area contributed by atoms with Crippen LogP contribution in [-0.4, -0.2) is 11.7 Å². The van der Waals surface area contributed by atoms with E-state index >= 15 is 0 Å². The second-order valence-electron chi connectivity index (χ2n) is 8.68. The third-order valence-electron chi connectivity index (χ3n) is 5.63. The first kappa shape index (κ1) is 18.5. The highest BCUT2D eigenvalue weighted by Gasteiger charge is 2.42. The topological polar surface area (TPSA) is 49.4 Å². The van der Waals surface area contributed by atoms with Crippen LogP contribution in [0.3, 0.4) is 0 Å². The van der Waals surface area contributed by atoms with Gasteiger partial charge in [-0.05, 0) is 36.5 Å². The Kier molecular flexibility index (Phi) is 4.37. The van der Waals surface area contributed by atoms with E-state index in [1.807, 2.05) is 55.5 Å². The number of hydrogen-bond acceptors (Lipinski definition) is 3. The molecule has 4 nitrogen and oxygen atoms in total. The van der Waals surface area contributed by atoms with E-state index in [1.54, 1.807) is 11.8 Å². The van der Waals surface area contributed by atoms with Gasteiger partial charge in [-0.1, -0.05) is 55.8 Å². The number of fused-ring (bicyclic) bond motifs is 1. The first-order chi connectivity index (χ1) is 13.3. The van der Waals surface area contributed by atoms with Gasteiger partial charge < -0.3 is 5.32 Å². The number of hydrogen-bond donors (Lipinski definition) is 1. The number of carbonyl (C=O) groups excluding carboxylic acids is 2. The van der Waals surface area contributed by atoms with Crippen LogP contribution in [0.4, 0.5) is 11.4 Å². The van der Waals surface area contributed by atoms with Crippen LogP contribution in [0.5, 0.6) is 0 Å². The summed E-state index contributed by atoms with van der Waals surface area (Å²) >= 11 is 0. The highest BCUT2D eigenvalue weighted by Crippen LogP contribution is 2.48. The van der Waals surface area contributed by atoms with E-state index in [0.717, 1.165) is 40.2 Å². The SMILES string of the molecule is CC(=O)N1c2ccccc2NC2=C(C(=O)CC(C)(C)C2)[C@@H]1c1ccc(C)cc1. The molecule has 2 aromatic rings. The number of para-hydroxylation sites is 2. The highest BCUT2D eigenvalue weighted by molar-refractivity contribution is 6.05. The van der Waals surface area contributed by atoms with E-state index in [9.17, 15) is 9.59 Å². The van der Waals surface area contributed by atoms with E-state index in [4.69, 9.17) is 0 Å². The van der Waals surface area contributed by atoms with Crippen LogP contribution in [0.25, 0.3) is 0 Å². The number of nitrogens with one attached hydrogen (secondary N) is 1. The number of aryl methyl sites for hydroxylation is 1. The number of carbonyl (C=O) groups is 2. The lowest BCUT2D eigenvalue weighted by atomic mass is 9.73. The fourth-order valence-electron chi connectivity index (χ4n) is 4.40. The average molecular weight is 374 g/mol. The molecule has 4 rings (SSSR count). The standard InChI is InChI=1S/C24H26N2O2/c1-15-9-11-17(12-10-15)23-22-19(13-24(3,4)14-21(22)28)25-18-7-5-6-8-20(18)26(23)16(2)27/h5-12,23,25H,13-14H2,1-4H3/t23-/m0/s1. The molecule has 0 radical (unpaired) electrons. The fourth-order valence-corrected chi connectivity index (χ4v) is 4.40. The van der Waals surface area contributed by atoms with Crippen LogP contribution < -0.4 is 10.2 Å². The number of amides is 1. The van der Waals surface area contributed by atoms with Gasteiger partial charge in [-0.25, -0.2) is 0 Å². The summed E-state index contributed by atoms with van der Waals surface area (Å²) in [7, 11) is 0. The van der Waals surface area contributed by atoms with Crippen molar-refractivity contribution >= 4 is 23.1 Å². The van der Waals surface area contributed by atoms with E-state index in [-0.39, 0.29) is 17.1 Å². The second-order valence-corrected chi connectivity index (χ2v) is 8.68. The molecule has 1 amide bonds. The third kappa shape index (κ3) is 3.13. The maximum Gasteiger partial charge on any atom is 0.224 e. The minimum absolute atomic E-state index is 0.0776. The number of allylic oxidation sites excluding steroid dienone is 1. The molecular weight excluding hydrogens is 348 g/mol. The average Bonchev–Trinajstić information content (AvgIpc) is 2.75. The summed E-state index contributed by atoms with van der Waals surface area (Å²) in [6, 6.07) is 15.5. The molecule has 2 aliphatic rings. The lowest BCUT2D eigenvalue weighted by Gasteiger charge is -2.36. The molecule has 1 atom stereocenters. The second kappa shape index (κ2) is 6.62. The molecule has 0 aromatic heterocycles. The van der Waals surface area contributed by atoms with Crippen molar-refractivity contribution in [2.75, 3.05) is 10.2 Å². The summed E-state index contributed by atoms with van der Waals surface area (Å²) in [6.07, 6.45) is 1.26. The summed E-state index contributed by atoms with van der Waals surface area (Å²) in [5, 5.41) is 3.51. The molecule has 1 N–H and O–H groups in total. The monoisotopic (exact) mass is 374 g/mol. The van der Waals surface area contributed by atoms with Gasteiger partial charge in [-0.15, -0.1) is 0 Å². The Labute approximate surface area is 166 Å². The van der Waals surface area contributed by atoms with Crippen LogP contribution in [0.2, 0.25) is 0 Å². The first-order valence-electron chi connectivity index (χ1n) is 9.75. The van der Waals surface area contributed by atoms with Crippen LogP contribution in [0.1, 0.15) is 50.8 Å². The van der Waals surface area contributed by atoms with E-state index in [2.05, 4.69) is 19.2 Å². The number of benzene rings is 2. The van der Waals surface area contributed by atoms with Crippen molar-refractivity contribution < 1.29 is 9.59 Å². The molecule has 144 valence electrons. The Morgan fingerprint density at radius 1 is 1.07 bits per heavy atom. The molecule has 0 fully saturated rings. The van der Waals surface area contributed by atoms with Crippen molar-refractivity contribution in [1.29, 1.82) is 0 Å². The Hall–Kier alpha value is -2.88. The van der Waals surface area contributed by atoms with Crippen LogP contribution in [0.15, 0.2) is 59.8 Å². The summed E-state index contributed by atoms with van der Waals surface area (Å²) in [4.78, 5) is 27.9. The number of ketones is 1. The number of Topliss-reactive ketones (excluding diaryl/α,β-unsaturated/α-hetero) is 1. The fraction of sp³-hybridized carbons (Fsp3) is 0.333. The lowest BCUT2D eigenvalue weighted by molar-refractivity contribution is -0.118. The summed E-state index contributed by atoms with van der Waals surface area (Å²) in [6.45, 7) is 7.85. The predicted molar refractivity (Wildman–Crippen MR) is 112 cm³/mol. The minimum atomic E-state index is -0.423. The van der Waals surface area contributed by atoms with Gasteiger partial charge in [0.2, 0.25) is 5.91 Å². The Morgan fingerprint density at radius 3 is 2.43 bits per heavy atom. The zero-order chi connectivity index (χ0) is 20.1. The van der Waals surface area contributed by atoms with Crippen molar-refractivity contribution in [3.05, 3.63) is 70.9 Å². The van der Waals surface area contributed by atoms with Crippen LogP contribution in [-0.2, 0) is 9.59 Å². The van der Waals surface area contributed by atoms with Gasteiger partial charge in [0, 0.05) is 24.6 Å². The maximum atomic E-state index is 13.3. The van der Waals surface area contributed by atoms with E-state index in [1.165, 1.54) is 0 Å². The van der Waals surface area contributed by atoms with Crippen LogP contribution in [0, 0.1) is 12.3 Å². The zero-order valence-electron chi connectivity index (χ0n) is 16.9. The van der Waals surface area contributed by atoms with E-state index in [0.29, 0.717) is 6.42 Å². The number of anilines is 2. The van der Waals surface area contributed by atoms with Crippen LogP contribution >= 0.6 is 0 Å². The zero-order valence-corrected chi connectivity index (χ0v) is 16.9. The van der Waals surface area contributed by atoms with Gasteiger partial charge in [0.15, 0.2) is 5.78 Å². The molecule has 2 aromatic carbocycles. The molecule has 0 spiro atoms. The molecule has 0 saturated carbocycles. The molecule has 1 heterocycles. The molecule has 0 unspecified atom stereocenters. The molecular formula is C24H26N2O2. The predicted octanol–water partition coefficient (Wildman–Crippen LogP) is 5.16. The van der Waals surface area contributed by atoms with Crippen molar-refractivity contribution in [3.8, 4) is 0 Å². The first-order valence-corrected chi connectivity index (χ1v) is 9.75. The van der Waals surface area contributed by atoms with E-state index < -0.39 is 6.04 Å². The number of nitrogens with zero attached hydrogens (tertiary/aromatic N) is 1. The number of rotatable bonds is 1. The van der Waals surface area contributed by atoms with Crippen molar-refractivity contribution in [3.63, 3.8) is 0 Å². The lowest BCUT2D eigenvalue weighted by Crippen LogP contribution is -2.38. The summed E-state index contributed by atoms with van der Waals surface area (Å²) in [5.74, 6) is 0.0367. The van der Waals surface area contributed by atoms with Gasteiger partial charge in [-0.2, -0.15) is 0 Å². The molecule has 1 aliphatic carbocycles. The Bertz CT molecular complexity index is 986. The van der Waals surface area contributed by atoms with Crippen molar-refractivity contribution in [2.24, 2.45) is 5.41 Å².